The Hall–Kier alpha value is -0.0800. The van der Waals surface area contributed by atoms with Gasteiger partial charge in [0, 0.05) is 19.2 Å². The highest BCUT2D eigenvalue weighted by atomic mass is 16.5. The Morgan fingerprint density at radius 3 is 2.46 bits per heavy atom. The fourth-order valence-electron chi connectivity index (χ4n) is 2.59. The molecule has 13 heavy (non-hydrogen) atoms. The number of rotatable bonds is 3. The monoisotopic (exact) mass is 183 g/mol. The summed E-state index contributed by atoms with van der Waals surface area (Å²) in [6, 6.07) is 1.42. The van der Waals surface area contributed by atoms with Crippen LogP contribution in [-0.2, 0) is 4.74 Å². The summed E-state index contributed by atoms with van der Waals surface area (Å²) in [6.07, 6.45) is 7.14. The van der Waals surface area contributed by atoms with Gasteiger partial charge >= 0.3 is 0 Å². The van der Waals surface area contributed by atoms with Crippen LogP contribution in [-0.4, -0.2) is 25.3 Å². The van der Waals surface area contributed by atoms with Crippen molar-refractivity contribution in [2.75, 3.05) is 7.11 Å². The van der Waals surface area contributed by atoms with Crippen LogP contribution in [0, 0.1) is 5.92 Å². The Morgan fingerprint density at radius 2 is 1.92 bits per heavy atom. The zero-order chi connectivity index (χ0) is 9.26. The Morgan fingerprint density at radius 1 is 1.08 bits per heavy atom. The fraction of sp³-hybridized carbons (Fsp3) is 1.00. The van der Waals surface area contributed by atoms with Crippen LogP contribution in [0.5, 0.6) is 0 Å². The normalized spacial score (nSPS) is 44.8. The average Bonchev–Trinajstić information content (AvgIpc) is 2.58. The van der Waals surface area contributed by atoms with E-state index in [0.717, 1.165) is 12.0 Å². The molecule has 4 atom stereocenters. The van der Waals surface area contributed by atoms with Crippen LogP contribution in [0.4, 0.5) is 0 Å². The van der Waals surface area contributed by atoms with Crippen LogP contribution < -0.4 is 5.32 Å². The SMILES string of the molecule is CO[C@@H]1CCC[C@H]1NC1CCC1C. The van der Waals surface area contributed by atoms with Gasteiger partial charge in [0.05, 0.1) is 6.10 Å². The summed E-state index contributed by atoms with van der Waals surface area (Å²) >= 11 is 0. The third kappa shape index (κ3) is 1.89. The molecule has 1 N–H and O–H groups in total. The number of methoxy groups -OCH3 is 1. The highest BCUT2D eigenvalue weighted by molar-refractivity contribution is 4.91. The summed E-state index contributed by atoms with van der Waals surface area (Å²) < 4.78 is 5.47. The Bertz CT molecular complexity index is 171. The number of nitrogens with one attached hydrogen (secondary N) is 1. The molecule has 0 aromatic carbocycles. The summed E-state index contributed by atoms with van der Waals surface area (Å²) in [7, 11) is 1.84. The topological polar surface area (TPSA) is 21.3 Å². The fourth-order valence-corrected chi connectivity index (χ4v) is 2.59. The summed E-state index contributed by atoms with van der Waals surface area (Å²) in [5.41, 5.74) is 0. The van der Waals surface area contributed by atoms with Crippen molar-refractivity contribution in [3.63, 3.8) is 0 Å². The minimum absolute atomic E-state index is 0.479. The predicted molar refractivity (Wildman–Crippen MR) is 53.8 cm³/mol. The molecule has 2 aliphatic rings. The molecule has 0 amide bonds. The van der Waals surface area contributed by atoms with E-state index in [9.17, 15) is 0 Å². The minimum Gasteiger partial charge on any atom is -0.380 e. The lowest BCUT2D eigenvalue weighted by Gasteiger charge is -2.38. The first-order valence-corrected chi connectivity index (χ1v) is 5.60. The van der Waals surface area contributed by atoms with Gasteiger partial charge in [0.2, 0.25) is 0 Å². The third-order valence-corrected chi connectivity index (χ3v) is 3.80. The summed E-state index contributed by atoms with van der Waals surface area (Å²) in [5.74, 6) is 0.887. The number of hydrogen-bond acceptors (Lipinski definition) is 2. The molecule has 2 aliphatic carbocycles. The summed E-state index contributed by atoms with van der Waals surface area (Å²) in [4.78, 5) is 0. The first-order chi connectivity index (χ1) is 6.31. The van der Waals surface area contributed by atoms with Crippen molar-refractivity contribution in [1.29, 1.82) is 0 Å². The molecule has 0 bridgehead atoms. The molecule has 0 saturated heterocycles. The molecule has 0 heterocycles. The van der Waals surface area contributed by atoms with Crippen molar-refractivity contribution in [3.05, 3.63) is 0 Å². The van der Waals surface area contributed by atoms with E-state index in [2.05, 4.69) is 12.2 Å². The molecular weight excluding hydrogens is 162 g/mol. The maximum absolute atomic E-state index is 5.47. The molecule has 0 aromatic heterocycles. The number of hydrogen-bond donors (Lipinski definition) is 1. The maximum atomic E-state index is 5.47. The molecule has 2 unspecified atom stereocenters. The van der Waals surface area contributed by atoms with Gasteiger partial charge in [-0.3, -0.25) is 0 Å². The zero-order valence-electron chi connectivity index (χ0n) is 8.75. The Balaban J connectivity index is 1.79. The van der Waals surface area contributed by atoms with Crippen LogP contribution in [0.1, 0.15) is 39.0 Å². The molecule has 0 aliphatic heterocycles. The van der Waals surface area contributed by atoms with E-state index < -0.39 is 0 Å². The molecule has 2 nitrogen and oxygen atoms in total. The van der Waals surface area contributed by atoms with Crippen LogP contribution in [0.3, 0.4) is 0 Å². The molecule has 2 saturated carbocycles. The first-order valence-electron chi connectivity index (χ1n) is 5.60. The lowest BCUT2D eigenvalue weighted by atomic mass is 9.80. The van der Waals surface area contributed by atoms with Gasteiger partial charge in [-0.25, -0.2) is 0 Å². The molecule has 2 heteroatoms. The lowest BCUT2D eigenvalue weighted by molar-refractivity contribution is 0.0695. The highest BCUT2D eigenvalue weighted by Crippen LogP contribution is 2.30. The van der Waals surface area contributed by atoms with Crippen molar-refractivity contribution in [1.82, 2.24) is 5.32 Å². The second kappa shape index (κ2) is 3.97. The van der Waals surface area contributed by atoms with E-state index in [1.54, 1.807) is 0 Å². The molecule has 0 radical (unpaired) electrons. The zero-order valence-corrected chi connectivity index (χ0v) is 8.75. The van der Waals surface area contributed by atoms with Crippen LogP contribution in [0.25, 0.3) is 0 Å². The molecule has 2 fully saturated rings. The number of ether oxygens (including phenoxy) is 1. The van der Waals surface area contributed by atoms with Crippen LogP contribution in [0.15, 0.2) is 0 Å². The minimum atomic E-state index is 0.479. The van der Waals surface area contributed by atoms with Gasteiger partial charge in [-0.2, -0.15) is 0 Å². The predicted octanol–water partition coefficient (Wildman–Crippen LogP) is 1.94. The molecular formula is C11H21NO. The highest BCUT2D eigenvalue weighted by Gasteiger charge is 2.33. The first kappa shape index (κ1) is 9.47. The van der Waals surface area contributed by atoms with Crippen molar-refractivity contribution < 1.29 is 4.74 Å². The van der Waals surface area contributed by atoms with E-state index in [1.807, 2.05) is 7.11 Å². The van der Waals surface area contributed by atoms with Gasteiger partial charge in [-0.1, -0.05) is 6.92 Å². The van der Waals surface area contributed by atoms with Gasteiger partial charge < -0.3 is 10.1 Å². The van der Waals surface area contributed by atoms with Crippen molar-refractivity contribution >= 4 is 0 Å². The standard InChI is InChI=1S/C11H21NO/c1-8-6-7-9(8)12-10-4-3-5-11(10)13-2/h8-12H,3-7H2,1-2H3/t8?,9?,10-,11-/m1/s1. The van der Waals surface area contributed by atoms with E-state index in [4.69, 9.17) is 4.74 Å². The van der Waals surface area contributed by atoms with Crippen molar-refractivity contribution in [2.24, 2.45) is 5.92 Å². The van der Waals surface area contributed by atoms with E-state index in [-0.39, 0.29) is 0 Å². The van der Waals surface area contributed by atoms with Crippen LogP contribution >= 0.6 is 0 Å². The molecule has 0 spiro atoms. The van der Waals surface area contributed by atoms with Crippen LogP contribution in [0.2, 0.25) is 0 Å². The van der Waals surface area contributed by atoms with Gasteiger partial charge in [-0.05, 0) is 38.0 Å². The Kier molecular flexibility index (Phi) is 2.89. The van der Waals surface area contributed by atoms with Gasteiger partial charge in [-0.15, -0.1) is 0 Å². The molecule has 76 valence electrons. The largest absolute Gasteiger partial charge is 0.380 e. The van der Waals surface area contributed by atoms with Gasteiger partial charge in [0.15, 0.2) is 0 Å². The van der Waals surface area contributed by atoms with Gasteiger partial charge in [0.1, 0.15) is 0 Å². The van der Waals surface area contributed by atoms with E-state index in [1.165, 1.54) is 32.1 Å². The second-order valence-electron chi connectivity index (χ2n) is 4.64. The summed E-state index contributed by atoms with van der Waals surface area (Å²) in [6.45, 7) is 2.35. The smallest absolute Gasteiger partial charge is 0.0724 e. The van der Waals surface area contributed by atoms with E-state index >= 15 is 0 Å². The Labute approximate surface area is 81.0 Å². The summed E-state index contributed by atoms with van der Waals surface area (Å²) in [5, 5.41) is 3.74. The quantitative estimate of drug-likeness (QED) is 0.722. The average molecular weight is 183 g/mol. The second-order valence-corrected chi connectivity index (χ2v) is 4.64. The van der Waals surface area contributed by atoms with Crippen molar-refractivity contribution in [2.45, 2.75) is 57.2 Å². The molecule has 2 rings (SSSR count). The lowest BCUT2D eigenvalue weighted by Crippen LogP contribution is -2.50. The maximum Gasteiger partial charge on any atom is 0.0724 e. The van der Waals surface area contributed by atoms with Gasteiger partial charge in [0.25, 0.3) is 0 Å². The molecule has 0 aromatic rings. The van der Waals surface area contributed by atoms with E-state index in [0.29, 0.717) is 12.1 Å². The third-order valence-electron chi connectivity index (χ3n) is 3.80. The van der Waals surface area contributed by atoms with Crippen molar-refractivity contribution in [3.8, 4) is 0 Å².